The van der Waals surface area contributed by atoms with Gasteiger partial charge in [-0.25, -0.2) is 0 Å². The highest BCUT2D eigenvalue weighted by Gasteiger charge is 2.17. The van der Waals surface area contributed by atoms with E-state index in [0.29, 0.717) is 11.1 Å². The van der Waals surface area contributed by atoms with Gasteiger partial charge in [-0.2, -0.15) is 10.5 Å². The van der Waals surface area contributed by atoms with Crippen molar-refractivity contribution in [2.45, 2.75) is 6.92 Å². The first-order valence-corrected chi connectivity index (χ1v) is 19.0. The van der Waals surface area contributed by atoms with Crippen LogP contribution in [0, 0.1) is 29.6 Å². The highest BCUT2D eigenvalue weighted by Crippen LogP contribution is 2.43. The Morgan fingerprint density at radius 1 is 0.491 bits per heavy atom. The maximum atomic E-state index is 10.6. The number of benzene rings is 7. The summed E-state index contributed by atoms with van der Waals surface area (Å²) in [6.07, 6.45) is 1.95. The maximum absolute atomic E-state index is 10.6. The fourth-order valence-corrected chi connectivity index (χ4v) is 9.99. The highest BCUT2D eigenvalue weighted by atomic mass is 32.1. The Morgan fingerprint density at radius 2 is 1.04 bits per heavy atom. The zero-order valence-corrected chi connectivity index (χ0v) is 30.5. The van der Waals surface area contributed by atoms with Gasteiger partial charge in [0.2, 0.25) is 0 Å². The number of nitrogens with zero attached hydrogens (tertiary/aromatic N) is 2. The predicted molar refractivity (Wildman–Crippen MR) is 226 cm³/mol. The lowest BCUT2D eigenvalue weighted by atomic mass is 9.88. The van der Waals surface area contributed by atoms with Gasteiger partial charge in [-0.3, -0.25) is 0 Å². The summed E-state index contributed by atoms with van der Waals surface area (Å²) >= 11 is 3.61. The molecule has 4 heteroatoms. The molecule has 0 atom stereocenters. The average molecular weight is 711 g/mol. The fraction of sp³-hybridized carbons (Fsp3) is 0.0204. The van der Waals surface area contributed by atoms with Crippen molar-refractivity contribution in [3.05, 3.63) is 174 Å². The monoisotopic (exact) mass is 710 g/mol. The molecule has 0 amide bonds. The number of nitriles is 2. The summed E-state index contributed by atoms with van der Waals surface area (Å²) in [7, 11) is 0. The molecule has 53 heavy (non-hydrogen) atoms. The van der Waals surface area contributed by atoms with E-state index in [9.17, 15) is 10.5 Å². The smallest absolute Gasteiger partial charge is 0.100 e. The molecule has 7 aromatic carbocycles. The third kappa shape index (κ3) is 5.54. The van der Waals surface area contributed by atoms with Crippen LogP contribution in [0.15, 0.2) is 152 Å². The largest absolute Gasteiger partial charge is 0.192 e. The van der Waals surface area contributed by atoms with Crippen LogP contribution < -0.4 is 0 Å². The predicted octanol–water partition coefficient (Wildman–Crippen LogP) is 14.3. The first-order valence-electron chi connectivity index (χ1n) is 17.4. The molecule has 0 saturated heterocycles. The maximum Gasteiger partial charge on any atom is 0.100 e. The number of rotatable bonds is 6. The molecule has 0 radical (unpaired) electrons. The van der Waals surface area contributed by atoms with E-state index >= 15 is 0 Å². The lowest BCUT2D eigenvalue weighted by molar-refractivity contribution is 1.44. The number of aryl methyl sites for hydroxylation is 1. The summed E-state index contributed by atoms with van der Waals surface area (Å²) in [5, 5.41) is 24.5. The molecule has 0 aliphatic carbocycles. The molecule has 2 nitrogen and oxygen atoms in total. The van der Waals surface area contributed by atoms with Crippen molar-refractivity contribution < 1.29 is 0 Å². The SMILES string of the molecule is C=Cc1c(C)sc2c(-c3cccc(-c4ccc(-c5cc(C#N)cc(-c6cccc(-c7cccc8c7sc7ccccc78)c6)c5C#N)cc4)c3)cccc12. The summed E-state index contributed by atoms with van der Waals surface area (Å²) in [5.41, 5.74) is 12.4. The molecule has 0 aliphatic heterocycles. The van der Waals surface area contributed by atoms with Gasteiger partial charge in [-0.15, -0.1) is 22.7 Å². The quantitative estimate of drug-likeness (QED) is 0.172. The molecule has 248 valence electrons. The van der Waals surface area contributed by atoms with Crippen molar-refractivity contribution in [3.8, 4) is 67.8 Å². The van der Waals surface area contributed by atoms with Crippen LogP contribution in [0.4, 0.5) is 0 Å². The average Bonchev–Trinajstić information content (AvgIpc) is 3.77. The van der Waals surface area contributed by atoms with Gasteiger partial charge in [-0.1, -0.05) is 128 Å². The van der Waals surface area contributed by atoms with Gasteiger partial charge in [0.05, 0.1) is 17.2 Å². The Balaban J connectivity index is 1.09. The second-order valence-corrected chi connectivity index (χ2v) is 15.4. The number of hydrogen-bond acceptors (Lipinski definition) is 4. The molecule has 0 spiro atoms. The minimum Gasteiger partial charge on any atom is -0.192 e. The molecule has 2 heterocycles. The van der Waals surface area contributed by atoms with Crippen LogP contribution in [-0.4, -0.2) is 0 Å². The van der Waals surface area contributed by atoms with E-state index < -0.39 is 0 Å². The minimum absolute atomic E-state index is 0.514. The van der Waals surface area contributed by atoms with E-state index in [1.54, 1.807) is 11.3 Å². The van der Waals surface area contributed by atoms with Crippen LogP contribution in [0.1, 0.15) is 21.6 Å². The summed E-state index contributed by atoms with van der Waals surface area (Å²) in [6, 6.07) is 55.3. The molecule has 2 aromatic heterocycles. The van der Waals surface area contributed by atoms with Crippen molar-refractivity contribution in [2.75, 3.05) is 0 Å². The van der Waals surface area contributed by atoms with Gasteiger partial charge in [0.1, 0.15) is 6.07 Å². The molecule has 0 saturated carbocycles. The molecule has 9 aromatic rings. The van der Waals surface area contributed by atoms with Gasteiger partial charge in [-0.05, 0) is 87.3 Å². The molecular formula is C49H30N2S2. The molecule has 0 unspecified atom stereocenters. The number of thiophene rings is 2. The van der Waals surface area contributed by atoms with Crippen molar-refractivity contribution in [2.24, 2.45) is 0 Å². The molecule has 0 N–H and O–H groups in total. The lowest BCUT2D eigenvalue weighted by Crippen LogP contribution is -1.93. The Kier molecular flexibility index (Phi) is 8.06. The van der Waals surface area contributed by atoms with Crippen molar-refractivity contribution in [1.29, 1.82) is 10.5 Å². The van der Waals surface area contributed by atoms with Crippen LogP contribution in [0.5, 0.6) is 0 Å². The van der Waals surface area contributed by atoms with Crippen molar-refractivity contribution >= 4 is 59.0 Å². The van der Waals surface area contributed by atoms with Gasteiger partial charge in [0, 0.05) is 46.3 Å². The van der Waals surface area contributed by atoms with Crippen LogP contribution in [0.25, 0.3) is 92.0 Å². The third-order valence-corrected chi connectivity index (χ3v) is 12.5. The third-order valence-electron chi connectivity index (χ3n) is 10.1. The summed E-state index contributed by atoms with van der Waals surface area (Å²) < 4.78 is 3.77. The molecule has 0 aliphatic rings. The van der Waals surface area contributed by atoms with Gasteiger partial charge < -0.3 is 0 Å². The molecule has 0 bridgehead atoms. The summed E-state index contributed by atoms with van der Waals surface area (Å²) in [5.74, 6) is 0. The van der Waals surface area contributed by atoms with Crippen LogP contribution in [0.2, 0.25) is 0 Å². The van der Waals surface area contributed by atoms with Gasteiger partial charge >= 0.3 is 0 Å². The Bertz CT molecular complexity index is 3000. The molecular weight excluding hydrogens is 681 g/mol. The topological polar surface area (TPSA) is 47.6 Å². The highest BCUT2D eigenvalue weighted by molar-refractivity contribution is 7.26. The minimum atomic E-state index is 0.514. The van der Waals surface area contributed by atoms with Crippen LogP contribution in [-0.2, 0) is 0 Å². The number of hydrogen-bond donors (Lipinski definition) is 0. The Morgan fingerprint density at radius 3 is 1.72 bits per heavy atom. The first kappa shape index (κ1) is 32.4. The fourth-order valence-electron chi connectivity index (χ4n) is 7.56. The van der Waals surface area contributed by atoms with E-state index in [2.05, 4.69) is 147 Å². The van der Waals surface area contributed by atoms with E-state index in [1.807, 2.05) is 41.7 Å². The van der Waals surface area contributed by atoms with Gasteiger partial charge in [0.15, 0.2) is 0 Å². The van der Waals surface area contributed by atoms with E-state index in [4.69, 9.17) is 0 Å². The standard InChI is InChI=1S/C49H30N2S2/c1-3-38-30(2)52-48-39(15-8-17-42(38)48)35-11-6-10-34(26-35)32-20-22-33(23-21-32)44-24-31(28-50)25-45(46(44)29-51)37-13-7-12-36(27-37)40-16-9-18-43-41-14-4-5-19-47(41)53-49(40)43/h3-27H,1H2,2H3. The summed E-state index contributed by atoms with van der Waals surface area (Å²) in [4.78, 5) is 1.27. The second kappa shape index (κ2) is 13.2. The Hall–Kier alpha value is -6.56. The van der Waals surface area contributed by atoms with E-state index in [-0.39, 0.29) is 0 Å². The zero-order chi connectivity index (χ0) is 36.1. The lowest BCUT2D eigenvalue weighted by Gasteiger charge is -2.14. The van der Waals surface area contributed by atoms with Crippen molar-refractivity contribution in [1.82, 2.24) is 0 Å². The molecule has 9 rings (SSSR count). The van der Waals surface area contributed by atoms with Crippen molar-refractivity contribution in [3.63, 3.8) is 0 Å². The first-order chi connectivity index (χ1) is 26.0. The van der Waals surface area contributed by atoms with Crippen LogP contribution >= 0.6 is 22.7 Å². The molecule has 0 fully saturated rings. The number of fused-ring (bicyclic) bond motifs is 4. The second-order valence-electron chi connectivity index (χ2n) is 13.1. The van der Waals surface area contributed by atoms with Gasteiger partial charge in [0.25, 0.3) is 0 Å². The van der Waals surface area contributed by atoms with E-state index in [1.165, 1.54) is 46.3 Å². The van der Waals surface area contributed by atoms with Crippen LogP contribution in [0.3, 0.4) is 0 Å². The van der Waals surface area contributed by atoms with E-state index in [0.717, 1.165) is 50.1 Å². The Labute approximate surface area is 316 Å². The summed E-state index contributed by atoms with van der Waals surface area (Å²) in [6.45, 7) is 6.20. The normalized spacial score (nSPS) is 11.2. The zero-order valence-electron chi connectivity index (χ0n) is 28.9.